The van der Waals surface area contributed by atoms with E-state index < -0.39 is 6.10 Å². The average Bonchev–Trinajstić information content (AvgIpc) is 2.73. The number of thioether (sulfide) groups is 1. The molecule has 0 saturated heterocycles. The number of carbonyl (C=O) groups is 1. The van der Waals surface area contributed by atoms with Crippen LogP contribution in [0.1, 0.15) is 116 Å². The van der Waals surface area contributed by atoms with E-state index in [0.717, 1.165) is 11.5 Å². The summed E-state index contributed by atoms with van der Waals surface area (Å²) < 4.78 is 4.93. The molecule has 0 aromatic heterocycles. The number of rotatable bonds is 23. The van der Waals surface area contributed by atoms with Gasteiger partial charge in [0.1, 0.15) is 6.10 Å². The van der Waals surface area contributed by atoms with E-state index in [2.05, 4.69) is 6.92 Å². The number of esters is 1. The van der Waals surface area contributed by atoms with Gasteiger partial charge in [-0.25, -0.2) is 0 Å². The normalized spacial score (nSPS) is 11.3. The minimum Gasteiger partial charge on any atom is -0.457 e. The molecule has 4 nitrogen and oxygen atoms in total. The van der Waals surface area contributed by atoms with Gasteiger partial charge in [-0.2, -0.15) is 11.8 Å². The average molecular weight is 433 g/mol. The van der Waals surface area contributed by atoms with Crippen molar-refractivity contribution in [2.24, 2.45) is 0 Å². The molecule has 0 aromatic rings. The fourth-order valence-electron chi connectivity index (χ4n) is 3.39. The third kappa shape index (κ3) is 22.3. The van der Waals surface area contributed by atoms with Crippen LogP contribution in [0.15, 0.2) is 0 Å². The Bertz CT molecular complexity index is 335. The molecule has 174 valence electrons. The number of aliphatic hydroxyl groups is 2. The van der Waals surface area contributed by atoms with Crippen molar-refractivity contribution in [1.29, 1.82) is 0 Å². The van der Waals surface area contributed by atoms with Gasteiger partial charge in [0.05, 0.1) is 19.6 Å². The van der Waals surface area contributed by atoms with Crippen molar-refractivity contribution >= 4 is 17.7 Å². The summed E-state index contributed by atoms with van der Waals surface area (Å²) in [7, 11) is 0. The molecule has 0 saturated carbocycles. The maximum atomic E-state index is 11.5. The summed E-state index contributed by atoms with van der Waals surface area (Å²) in [6.45, 7) is 1.63. The molecule has 0 radical (unpaired) electrons. The van der Waals surface area contributed by atoms with Crippen molar-refractivity contribution in [3.05, 3.63) is 0 Å². The Hall–Kier alpha value is -0.260. The number of aliphatic hydroxyl groups excluding tert-OH is 2. The van der Waals surface area contributed by atoms with E-state index in [4.69, 9.17) is 14.9 Å². The SMILES string of the molecule is CCCCCCCCCCCCCCCCCCSCCC(=O)OC(CO)CO. The lowest BCUT2D eigenvalue weighted by Gasteiger charge is -2.12. The molecule has 0 amide bonds. The second-order valence-corrected chi connectivity index (χ2v) is 9.37. The minimum absolute atomic E-state index is 0.325. The molecule has 0 aliphatic heterocycles. The zero-order valence-corrected chi connectivity index (χ0v) is 19.9. The van der Waals surface area contributed by atoms with Gasteiger partial charge in [0.15, 0.2) is 0 Å². The van der Waals surface area contributed by atoms with Crippen LogP contribution in [0, 0.1) is 0 Å². The molecular formula is C24H48O4S. The highest BCUT2D eigenvalue weighted by Crippen LogP contribution is 2.14. The van der Waals surface area contributed by atoms with Gasteiger partial charge >= 0.3 is 5.97 Å². The molecule has 2 N–H and O–H groups in total. The molecule has 0 aliphatic rings. The first-order chi connectivity index (χ1) is 14.2. The summed E-state index contributed by atoms with van der Waals surface area (Å²) in [5.41, 5.74) is 0. The molecular weight excluding hydrogens is 384 g/mol. The first-order valence-electron chi connectivity index (χ1n) is 12.2. The first kappa shape index (κ1) is 28.7. The van der Waals surface area contributed by atoms with Gasteiger partial charge in [-0.15, -0.1) is 0 Å². The Balaban J connectivity index is 3.14. The number of hydrogen-bond donors (Lipinski definition) is 2. The van der Waals surface area contributed by atoms with Crippen LogP contribution in [0.25, 0.3) is 0 Å². The predicted molar refractivity (Wildman–Crippen MR) is 126 cm³/mol. The number of unbranched alkanes of at least 4 members (excludes halogenated alkanes) is 15. The van der Waals surface area contributed by atoms with Gasteiger partial charge < -0.3 is 14.9 Å². The van der Waals surface area contributed by atoms with Gasteiger partial charge in [0.25, 0.3) is 0 Å². The lowest BCUT2D eigenvalue weighted by Crippen LogP contribution is -2.25. The van der Waals surface area contributed by atoms with E-state index >= 15 is 0 Å². The zero-order valence-electron chi connectivity index (χ0n) is 19.0. The minimum atomic E-state index is -0.771. The van der Waals surface area contributed by atoms with Gasteiger partial charge in [0.2, 0.25) is 0 Å². The molecule has 0 aromatic carbocycles. The van der Waals surface area contributed by atoms with Crippen molar-refractivity contribution in [3.8, 4) is 0 Å². The second-order valence-electron chi connectivity index (χ2n) is 8.14. The largest absolute Gasteiger partial charge is 0.457 e. The highest BCUT2D eigenvalue weighted by molar-refractivity contribution is 7.99. The van der Waals surface area contributed by atoms with E-state index in [1.165, 1.54) is 103 Å². The maximum Gasteiger partial charge on any atom is 0.307 e. The Morgan fingerprint density at radius 2 is 1.10 bits per heavy atom. The third-order valence-corrected chi connectivity index (χ3v) is 6.37. The van der Waals surface area contributed by atoms with Crippen LogP contribution in [-0.2, 0) is 9.53 Å². The number of hydrogen-bond acceptors (Lipinski definition) is 5. The van der Waals surface area contributed by atoms with Crippen molar-refractivity contribution in [2.45, 2.75) is 122 Å². The molecule has 0 spiro atoms. The van der Waals surface area contributed by atoms with E-state index in [-0.39, 0.29) is 19.2 Å². The van der Waals surface area contributed by atoms with Gasteiger partial charge in [-0.05, 0) is 12.2 Å². The first-order valence-corrected chi connectivity index (χ1v) is 13.4. The van der Waals surface area contributed by atoms with Crippen molar-refractivity contribution in [2.75, 3.05) is 24.7 Å². The molecule has 5 heteroatoms. The molecule has 0 unspecified atom stereocenters. The molecule has 0 heterocycles. The topological polar surface area (TPSA) is 66.8 Å². The van der Waals surface area contributed by atoms with E-state index in [1.807, 2.05) is 0 Å². The number of ether oxygens (including phenoxy) is 1. The standard InChI is InChI=1S/C24H48O4S/c1-2-3-4-5-6-7-8-9-10-11-12-13-14-15-16-17-19-29-20-18-24(27)28-23(21-25)22-26/h23,25-26H,2-22H2,1H3. The van der Waals surface area contributed by atoms with Crippen LogP contribution < -0.4 is 0 Å². The molecule has 0 rings (SSSR count). The summed E-state index contributed by atoms with van der Waals surface area (Å²) in [6, 6.07) is 0. The zero-order chi connectivity index (χ0) is 21.4. The lowest BCUT2D eigenvalue weighted by atomic mass is 10.0. The van der Waals surface area contributed by atoms with Crippen LogP contribution in [0.5, 0.6) is 0 Å². The van der Waals surface area contributed by atoms with Crippen LogP contribution in [0.4, 0.5) is 0 Å². The van der Waals surface area contributed by atoms with E-state index in [0.29, 0.717) is 6.42 Å². The maximum absolute atomic E-state index is 11.5. The highest BCUT2D eigenvalue weighted by Gasteiger charge is 2.11. The Kier molecular flexibility index (Phi) is 23.8. The molecule has 0 bridgehead atoms. The van der Waals surface area contributed by atoms with Crippen LogP contribution in [0.3, 0.4) is 0 Å². The quantitative estimate of drug-likeness (QED) is 0.147. The van der Waals surface area contributed by atoms with Crippen LogP contribution >= 0.6 is 11.8 Å². The summed E-state index contributed by atoms with van der Waals surface area (Å²) in [5, 5.41) is 17.7. The molecule has 0 aliphatic carbocycles. The summed E-state index contributed by atoms with van der Waals surface area (Å²) >= 11 is 1.78. The Labute approximate surface area is 184 Å². The fraction of sp³-hybridized carbons (Fsp3) is 0.958. The molecule has 29 heavy (non-hydrogen) atoms. The van der Waals surface area contributed by atoms with Crippen LogP contribution in [0.2, 0.25) is 0 Å². The van der Waals surface area contributed by atoms with Gasteiger partial charge in [-0.1, -0.05) is 103 Å². The Morgan fingerprint density at radius 1 is 0.690 bits per heavy atom. The van der Waals surface area contributed by atoms with Crippen molar-refractivity contribution in [1.82, 2.24) is 0 Å². The van der Waals surface area contributed by atoms with E-state index in [1.54, 1.807) is 11.8 Å². The number of carbonyl (C=O) groups excluding carboxylic acids is 1. The Morgan fingerprint density at radius 3 is 1.52 bits per heavy atom. The fourth-order valence-corrected chi connectivity index (χ4v) is 4.31. The van der Waals surface area contributed by atoms with Crippen molar-refractivity contribution < 1.29 is 19.7 Å². The van der Waals surface area contributed by atoms with E-state index in [9.17, 15) is 4.79 Å². The predicted octanol–water partition coefficient (Wildman–Crippen LogP) is 6.27. The summed E-state index contributed by atoms with van der Waals surface area (Å²) in [4.78, 5) is 11.5. The smallest absolute Gasteiger partial charge is 0.307 e. The monoisotopic (exact) mass is 432 g/mol. The van der Waals surface area contributed by atoms with Crippen molar-refractivity contribution in [3.63, 3.8) is 0 Å². The second kappa shape index (κ2) is 24.0. The summed E-state index contributed by atoms with van der Waals surface area (Å²) in [6.07, 6.45) is 21.7. The van der Waals surface area contributed by atoms with Crippen LogP contribution in [-0.4, -0.2) is 47.0 Å². The van der Waals surface area contributed by atoms with Gasteiger partial charge in [0, 0.05) is 5.75 Å². The summed E-state index contributed by atoms with van der Waals surface area (Å²) in [5.74, 6) is 1.51. The molecule has 0 atom stereocenters. The van der Waals surface area contributed by atoms with Gasteiger partial charge in [-0.3, -0.25) is 4.79 Å². The highest BCUT2D eigenvalue weighted by atomic mass is 32.2. The third-order valence-electron chi connectivity index (χ3n) is 5.30. The lowest BCUT2D eigenvalue weighted by molar-refractivity contribution is -0.152. The molecule has 0 fully saturated rings.